The molecule has 146 valence electrons. The van der Waals surface area contributed by atoms with Gasteiger partial charge in [-0.15, -0.1) is 13.2 Å². The number of nitrogens with one attached hydrogen (secondary N) is 3. The van der Waals surface area contributed by atoms with Gasteiger partial charge in [-0.2, -0.15) is 0 Å². The smallest absolute Gasteiger partial charge is 0.406 e. The number of hydrogen-bond acceptors (Lipinski definition) is 4. The Morgan fingerprint density at radius 1 is 1.15 bits per heavy atom. The molecule has 1 saturated heterocycles. The van der Waals surface area contributed by atoms with E-state index in [0.29, 0.717) is 24.5 Å². The Kier molecular flexibility index (Phi) is 5.40. The number of ether oxygens (including phenoxy) is 1. The highest BCUT2D eigenvalue weighted by Gasteiger charge is 2.38. The molecule has 1 fully saturated rings. The average Bonchev–Trinajstić information content (AvgIpc) is 3.03. The maximum Gasteiger partial charge on any atom is 0.573 e. The molecule has 0 aliphatic carbocycles. The summed E-state index contributed by atoms with van der Waals surface area (Å²) in [6.07, 6.45) is -4.21. The lowest BCUT2D eigenvalue weighted by atomic mass is 9.90. The Labute approximate surface area is 160 Å². The molecule has 5 nitrogen and oxygen atoms in total. The molecule has 2 aromatic rings. The first-order chi connectivity index (χ1) is 12.6. The van der Waals surface area contributed by atoms with Gasteiger partial charge in [0.05, 0.1) is 10.4 Å². The highest BCUT2D eigenvalue weighted by atomic mass is 35.5. The molecule has 10 heteroatoms. The van der Waals surface area contributed by atoms with Crippen LogP contribution in [0, 0.1) is 4.78 Å². The van der Waals surface area contributed by atoms with Crippen LogP contribution in [0.4, 0.5) is 13.2 Å². The van der Waals surface area contributed by atoms with Crippen LogP contribution in [0.5, 0.6) is 5.75 Å². The molecule has 2 aromatic carbocycles. The summed E-state index contributed by atoms with van der Waals surface area (Å²) < 4.78 is 64.8. The second-order valence-electron chi connectivity index (χ2n) is 6.19. The molecule has 0 bridgehead atoms. The molecule has 2 atom stereocenters. The molecule has 0 saturated carbocycles. The third kappa shape index (κ3) is 4.73. The predicted molar refractivity (Wildman–Crippen MR) is 96.0 cm³/mol. The van der Waals surface area contributed by atoms with Gasteiger partial charge in [0.15, 0.2) is 0 Å². The topological polar surface area (TPSA) is 74.2 Å². The first-order valence-corrected chi connectivity index (χ1v) is 9.94. The van der Waals surface area contributed by atoms with Crippen LogP contribution in [0.25, 0.3) is 0 Å². The van der Waals surface area contributed by atoms with E-state index in [1.54, 1.807) is 24.3 Å². The Bertz CT molecular complexity index is 895. The van der Waals surface area contributed by atoms with Crippen molar-refractivity contribution >= 4 is 21.5 Å². The molecular formula is C17H17ClF3N3O2S. The van der Waals surface area contributed by atoms with Crippen molar-refractivity contribution < 1.29 is 22.1 Å². The molecule has 0 radical (unpaired) electrons. The van der Waals surface area contributed by atoms with E-state index in [-0.39, 0.29) is 4.90 Å². The quantitative estimate of drug-likeness (QED) is 0.684. The molecular weight excluding hydrogens is 403 g/mol. The van der Waals surface area contributed by atoms with Crippen molar-refractivity contribution in [1.82, 2.24) is 10.0 Å². The minimum atomic E-state index is -4.81. The maximum atomic E-state index is 13.0. The van der Waals surface area contributed by atoms with Gasteiger partial charge in [-0.05, 0) is 54.9 Å². The fourth-order valence-electron chi connectivity index (χ4n) is 3.02. The van der Waals surface area contributed by atoms with E-state index in [4.69, 9.17) is 16.4 Å². The summed E-state index contributed by atoms with van der Waals surface area (Å²) in [5.74, 6) is -0.434. The molecule has 3 N–H and O–H groups in total. The predicted octanol–water partition coefficient (Wildman–Crippen LogP) is 4.04. The van der Waals surface area contributed by atoms with Crippen molar-refractivity contribution in [2.24, 2.45) is 0 Å². The van der Waals surface area contributed by atoms with Crippen LogP contribution in [-0.4, -0.2) is 23.7 Å². The van der Waals surface area contributed by atoms with Crippen LogP contribution in [0.15, 0.2) is 53.4 Å². The molecule has 0 spiro atoms. The number of rotatable bonds is 5. The van der Waals surface area contributed by atoms with E-state index >= 15 is 0 Å². The SMILES string of the molecule is N=S(=O)(N[C@@]1(c2ccc(Cl)cc2)CCNC1)c1ccc(OC(F)(F)F)cc1. The summed E-state index contributed by atoms with van der Waals surface area (Å²) in [7, 11) is -3.48. The number of benzene rings is 2. The Morgan fingerprint density at radius 3 is 2.30 bits per heavy atom. The van der Waals surface area contributed by atoms with Gasteiger partial charge in [-0.3, -0.25) is 0 Å². The van der Waals surface area contributed by atoms with Gasteiger partial charge >= 0.3 is 6.36 Å². The van der Waals surface area contributed by atoms with Gasteiger partial charge in [-0.1, -0.05) is 23.7 Å². The molecule has 3 rings (SSSR count). The van der Waals surface area contributed by atoms with Gasteiger partial charge in [0.25, 0.3) is 0 Å². The van der Waals surface area contributed by atoms with Gasteiger partial charge < -0.3 is 10.1 Å². The highest BCUT2D eigenvalue weighted by molar-refractivity contribution is 7.90. The van der Waals surface area contributed by atoms with Crippen LogP contribution < -0.4 is 14.8 Å². The lowest BCUT2D eigenvalue weighted by molar-refractivity contribution is -0.274. The third-order valence-electron chi connectivity index (χ3n) is 4.28. The lowest BCUT2D eigenvalue weighted by Crippen LogP contribution is -2.46. The molecule has 1 unspecified atom stereocenters. The van der Waals surface area contributed by atoms with Crippen molar-refractivity contribution in [1.29, 1.82) is 4.78 Å². The Balaban J connectivity index is 1.86. The summed E-state index contributed by atoms with van der Waals surface area (Å²) in [6.45, 7) is 1.13. The second-order valence-corrected chi connectivity index (χ2v) is 8.42. The second kappa shape index (κ2) is 7.31. The normalized spacial score (nSPS) is 22.4. The average molecular weight is 420 g/mol. The zero-order chi connectivity index (χ0) is 19.7. The zero-order valence-electron chi connectivity index (χ0n) is 14.0. The van der Waals surface area contributed by atoms with E-state index in [2.05, 4.69) is 14.8 Å². The van der Waals surface area contributed by atoms with Gasteiger partial charge in [0.2, 0.25) is 0 Å². The first-order valence-electron chi connectivity index (χ1n) is 8.00. The Hall–Kier alpha value is -1.81. The van der Waals surface area contributed by atoms with Crippen molar-refractivity contribution in [2.45, 2.75) is 23.2 Å². The van der Waals surface area contributed by atoms with E-state index in [1.165, 1.54) is 12.1 Å². The van der Waals surface area contributed by atoms with Gasteiger partial charge in [0, 0.05) is 11.6 Å². The molecule has 0 aromatic heterocycles. The molecule has 1 heterocycles. The summed E-state index contributed by atoms with van der Waals surface area (Å²) in [5.41, 5.74) is 0.0822. The highest BCUT2D eigenvalue weighted by Crippen LogP contribution is 2.32. The van der Waals surface area contributed by atoms with Crippen molar-refractivity contribution in [3.05, 3.63) is 59.1 Å². The van der Waals surface area contributed by atoms with E-state index in [9.17, 15) is 17.4 Å². The van der Waals surface area contributed by atoms with Crippen LogP contribution in [-0.2, 0) is 15.5 Å². The van der Waals surface area contributed by atoms with E-state index < -0.39 is 27.6 Å². The Morgan fingerprint density at radius 2 is 1.78 bits per heavy atom. The van der Waals surface area contributed by atoms with Crippen molar-refractivity contribution in [3.63, 3.8) is 0 Å². The third-order valence-corrected chi connectivity index (χ3v) is 6.15. The van der Waals surface area contributed by atoms with Crippen molar-refractivity contribution in [3.8, 4) is 5.75 Å². The number of halogens is 4. The zero-order valence-corrected chi connectivity index (χ0v) is 15.5. The summed E-state index contributed by atoms with van der Waals surface area (Å²) in [6, 6.07) is 11.5. The van der Waals surface area contributed by atoms with E-state index in [1.807, 2.05) is 0 Å². The monoisotopic (exact) mass is 419 g/mol. The molecule has 1 aliphatic heterocycles. The van der Waals surface area contributed by atoms with Crippen LogP contribution in [0.1, 0.15) is 12.0 Å². The minimum absolute atomic E-state index is 0.0669. The molecule has 27 heavy (non-hydrogen) atoms. The number of hydrogen-bond donors (Lipinski definition) is 3. The van der Waals surface area contributed by atoms with Crippen LogP contribution in [0.3, 0.4) is 0 Å². The number of alkyl halides is 3. The molecule has 1 aliphatic rings. The van der Waals surface area contributed by atoms with Gasteiger partial charge in [0.1, 0.15) is 15.7 Å². The van der Waals surface area contributed by atoms with Gasteiger partial charge in [-0.25, -0.2) is 13.7 Å². The largest absolute Gasteiger partial charge is 0.573 e. The van der Waals surface area contributed by atoms with E-state index in [0.717, 1.165) is 17.7 Å². The van der Waals surface area contributed by atoms with Crippen molar-refractivity contribution in [2.75, 3.05) is 13.1 Å². The fraction of sp³-hybridized carbons (Fsp3) is 0.294. The lowest BCUT2D eigenvalue weighted by Gasteiger charge is -2.31. The fourth-order valence-corrected chi connectivity index (χ4v) is 4.63. The minimum Gasteiger partial charge on any atom is -0.406 e. The summed E-state index contributed by atoms with van der Waals surface area (Å²) >= 11 is 5.93. The molecule has 0 amide bonds. The summed E-state index contributed by atoms with van der Waals surface area (Å²) in [4.78, 5) is 0.0669. The maximum absolute atomic E-state index is 13.0. The standard InChI is InChI=1S/C17H17ClF3N3O2S/c18-13-3-1-12(2-4-13)16(9-10-23-11-16)24-27(22,25)15-7-5-14(6-8-15)26-17(19,20)21/h1-8,23H,9-11H2,(H2,22,24,25)/t16-,27?/m0/s1. The van der Waals surface area contributed by atoms with Crippen LogP contribution >= 0.6 is 11.6 Å². The first kappa shape index (κ1) is 19.9. The van der Waals surface area contributed by atoms with Crippen LogP contribution in [0.2, 0.25) is 5.02 Å². The summed E-state index contributed by atoms with van der Waals surface area (Å²) in [5, 5.41) is 3.75.